The van der Waals surface area contributed by atoms with Crippen LogP contribution in [-0.2, 0) is 14.3 Å². The molecule has 0 bridgehead atoms. The van der Waals surface area contributed by atoms with Gasteiger partial charge in [-0.3, -0.25) is 4.79 Å². The zero-order valence-corrected chi connectivity index (χ0v) is 35.6. The van der Waals surface area contributed by atoms with Crippen molar-refractivity contribution in [3.8, 4) is 0 Å². The number of aliphatic hydroxyl groups excluding tert-OH is 1. The molecule has 0 saturated carbocycles. The van der Waals surface area contributed by atoms with Gasteiger partial charge in [-0.05, 0) is 96.3 Å². The summed E-state index contributed by atoms with van der Waals surface area (Å²) in [6, 6.07) is 0. The summed E-state index contributed by atoms with van der Waals surface area (Å²) in [4.78, 5) is 12.2. The second-order valence-electron chi connectivity index (χ2n) is 14.4. The molecule has 0 aliphatic heterocycles. The van der Waals surface area contributed by atoms with Crippen LogP contribution in [0.3, 0.4) is 0 Å². The van der Waals surface area contributed by atoms with E-state index in [1.165, 1.54) is 70.6 Å². The number of hydrogen-bond acceptors (Lipinski definition) is 4. The lowest BCUT2D eigenvalue weighted by Gasteiger charge is -2.15. The maximum atomic E-state index is 12.2. The van der Waals surface area contributed by atoms with Gasteiger partial charge in [-0.2, -0.15) is 0 Å². The SMILES string of the molecule is CC/C=C\C/C=C\C/C=C\C/C=C\C/C=C\CCCCOCC(CO)OC(=O)CCCCCCCCCCCCCC/C=C\C/C=C\C/C=C\C/C=C\CC. The zero-order valence-electron chi connectivity index (χ0n) is 35.6. The summed E-state index contributed by atoms with van der Waals surface area (Å²) in [7, 11) is 0. The van der Waals surface area contributed by atoms with E-state index in [4.69, 9.17) is 9.47 Å². The van der Waals surface area contributed by atoms with Gasteiger partial charge in [0, 0.05) is 13.0 Å². The van der Waals surface area contributed by atoms with E-state index in [1.54, 1.807) is 0 Å². The van der Waals surface area contributed by atoms with Crippen molar-refractivity contribution in [1.82, 2.24) is 0 Å². The summed E-state index contributed by atoms with van der Waals surface area (Å²) in [6.45, 7) is 5.01. The number of hydrogen-bond donors (Lipinski definition) is 1. The van der Waals surface area contributed by atoms with Crippen molar-refractivity contribution in [2.75, 3.05) is 19.8 Å². The Hall–Kier alpha value is -2.95. The molecule has 0 rings (SSSR count). The summed E-state index contributed by atoms with van der Waals surface area (Å²) < 4.78 is 11.1. The quantitative estimate of drug-likeness (QED) is 0.0384. The third-order valence-corrected chi connectivity index (χ3v) is 9.09. The Labute approximate surface area is 340 Å². The molecule has 0 saturated heterocycles. The summed E-state index contributed by atoms with van der Waals surface area (Å²) in [5.41, 5.74) is 0. The van der Waals surface area contributed by atoms with E-state index in [9.17, 15) is 9.90 Å². The molecule has 0 aromatic rings. The molecule has 4 nitrogen and oxygen atoms in total. The number of aliphatic hydroxyl groups is 1. The number of carbonyl (C=O) groups is 1. The molecule has 0 fully saturated rings. The zero-order chi connectivity index (χ0) is 39.8. The third kappa shape index (κ3) is 45.3. The third-order valence-electron chi connectivity index (χ3n) is 9.09. The Morgan fingerprint density at radius 3 is 1.15 bits per heavy atom. The van der Waals surface area contributed by atoms with E-state index in [0.29, 0.717) is 13.0 Å². The van der Waals surface area contributed by atoms with Gasteiger partial charge in [-0.1, -0.05) is 187 Å². The van der Waals surface area contributed by atoms with Gasteiger partial charge < -0.3 is 14.6 Å². The molecule has 0 radical (unpaired) electrons. The molecule has 0 aromatic carbocycles. The fraction of sp³-hybridized carbons (Fsp3) is 0.627. The fourth-order valence-corrected chi connectivity index (χ4v) is 5.82. The second kappa shape index (κ2) is 47.2. The highest BCUT2D eigenvalue weighted by Gasteiger charge is 2.13. The van der Waals surface area contributed by atoms with Crippen molar-refractivity contribution in [2.24, 2.45) is 0 Å². The minimum absolute atomic E-state index is 0.197. The van der Waals surface area contributed by atoms with Gasteiger partial charge in [0.05, 0.1) is 13.2 Å². The maximum absolute atomic E-state index is 12.2. The van der Waals surface area contributed by atoms with Gasteiger partial charge in [0.15, 0.2) is 0 Å². The average Bonchev–Trinajstić information content (AvgIpc) is 3.19. The molecular formula is C51H84O4. The van der Waals surface area contributed by atoms with Crippen molar-refractivity contribution in [3.05, 3.63) is 109 Å². The van der Waals surface area contributed by atoms with E-state index in [-0.39, 0.29) is 19.2 Å². The number of carbonyl (C=O) groups excluding carboxylic acids is 1. The number of ether oxygens (including phenoxy) is 2. The van der Waals surface area contributed by atoms with Crippen LogP contribution in [0.5, 0.6) is 0 Å². The van der Waals surface area contributed by atoms with Crippen LogP contribution in [0.25, 0.3) is 0 Å². The van der Waals surface area contributed by atoms with E-state index >= 15 is 0 Å². The monoisotopic (exact) mass is 761 g/mol. The molecule has 0 amide bonds. The Bertz CT molecular complexity index is 1070. The predicted molar refractivity (Wildman–Crippen MR) is 241 cm³/mol. The van der Waals surface area contributed by atoms with Crippen molar-refractivity contribution >= 4 is 5.97 Å². The van der Waals surface area contributed by atoms with Crippen LogP contribution in [0.2, 0.25) is 0 Å². The van der Waals surface area contributed by atoms with E-state index < -0.39 is 6.10 Å². The van der Waals surface area contributed by atoms with E-state index in [2.05, 4.69) is 123 Å². The van der Waals surface area contributed by atoms with Crippen LogP contribution in [-0.4, -0.2) is 37.0 Å². The van der Waals surface area contributed by atoms with Gasteiger partial charge in [-0.15, -0.1) is 0 Å². The van der Waals surface area contributed by atoms with E-state index in [1.807, 2.05) is 0 Å². The van der Waals surface area contributed by atoms with Gasteiger partial charge in [-0.25, -0.2) is 0 Å². The topological polar surface area (TPSA) is 55.8 Å². The van der Waals surface area contributed by atoms with Gasteiger partial charge in [0.1, 0.15) is 6.10 Å². The Morgan fingerprint density at radius 1 is 0.436 bits per heavy atom. The molecule has 0 spiro atoms. The van der Waals surface area contributed by atoms with E-state index in [0.717, 1.165) is 89.9 Å². The first-order valence-electron chi connectivity index (χ1n) is 22.5. The molecule has 0 heterocycles. The van der Waals surface area contributed by atoms with Crippen molar-refractivity contribution in [2.45, 2.75) is 187 Å². The van der Waals surface area contributed by atoms with Crippen LogP contribution in [0, 0.1) is 0 Å². The number of rotatable bonds is 40. The highest BCUT2D eigenvalue weighted by molar-refractivity contribution is 5.69. The highest BCUT2D eigenvalue weighted by atomic mass is 16.6. The average molecular weight is 761 g/mol. The molecular weight excluding hydrogens is 677 g/mol. The van der Waals surface area contributed by atoms with Crippen molar-refractivity contribution < 1.29 is 19.4 Å². The Kier molecular flexibility index (Phi) is 44.7. The van der Waals surface area contributed by atoms with Crippen molar-refractivity contribution in [3.63, 3.8) is 0 Å². The highest BCUT2D eigenvalue weighted by Crippen LogP contribution is 2.14. The van der Waals surface area contributed by atoms with Crippen LogP contribution < -0.4 is 0 Å². The molecule has 1 unspecified atom stereocenters. The Balaban J connectivity index is 3.53. The maximum Gasteiger partial charge on any atom is 0.306 e. The van der Waals surface area contributed by atoms with Crippen LogP contribution in [0.1, 0.15) is 181 Å². The van der Waals surface area contributed by atoms with Crippen molar-refractivity contribution in [1.29, 1.82) is 0 Å². The van der Waals surface area contributed by atoms with Gasteiger partial charge >= 0.3 is 5.97 Å². The lowest BCUT2D eigenvalue weighted by Crippen LogP contribution is -2.27. The number of allylic oxidation sites excluding steroid dienone is 18. The smallest absolute Gasteiger partial charge is 0.306 e. The minimum Gasteiger partial charge on any atom is -0.457 e. The molecule has 4 heteroatoms. The normalized spacial score (nSPS) is 13.4. The largest absolute Gasteiger partial charge is 0.457 e. The first-order chi connectivity index (χ1) is 27.2. The molecule has 1 N–H and O–H groups in total. The number of unbranched alkanes of at least 4 members (excludes halogenated alkanes) is 14. The standard InChI is InChI=1S/C51H84O4/c1-3-5-7-9-11-13-15-17-19-21-23-24-25-26-27-28-29-30-32-34-36-38-40-42-44-46-51(53)55-50(48-52)49-54-47-45-43-41-39-37-35-33-31-22-20-18-16-14-12-10-8-6-4-2/h5-8,11-14,17-20,23-24,31,33,37,39,50,52H,3-4,9-10,15-16,21-22,25-30,32,34-36,38,40-49H2,1-2H3/b7-5-,8-6-,13-11-,14-12-,19-17-,20-18-,24-23-,33-31-,39-37-. The summed E-state index contributed by atoms with van der Waals surface area (Å²) in [5, 5.41) is 9.61. The second-order valence-corrected chi connectivity index (χ2v) is 14.4. The van der Waals surface area contributed by atoms with Gasteiger partial charge in [0.2, 0.25) is 0 Å². The van der Waals surface area contributed by atoms with Gasteiger partial charge in [0.25, 0.3) is 0 Å². The number of esters is 1. The molecule has 0 aliphatic carbocycles. The predicted octanol–water partition coefficient (Wildman–Crippen LogP) is 15.1. The summed E-state index contributed by atoms with van der Waals surface area (Å²) in [6.07, 6.45) is 68.7. The molecule has 0 aliphatic rings. The molecule has 55 heavy (non-hydrogen) atoms. The fourth-order valence-electron chi connectivity index (χ4n) is 5.82. The van der Waals surface area contributed by atoms with Crippen LogP contribution in [0.4, 0.5) is 0 Å². The minimum atomic E-state index is -0.566. The first-order valence-corrected chi connectivity index (χ1v) is 22.5. The first kappa shape index (κ1) is 52.0. The lowest BCUT2D eigenvalue weighted by molar-refractivity contribution is -0.154. The Morgan fingerprint density at radius 2 is 0.764 bits per heavy atom. The molecule has 0 aromatic heterocycles. The van der Waals surface area contributed by atoms with Crippen LogP contribution >= 0.6 is 0 Å². The molecule has 1 atom stereocenters. The molecule has 312 valence electrons. The summed E-state index contributed by atoms with van der Waals surface area (Å²) in [5.74, 6) is -0.223. The van der Waals surface area contributed by atoms with Crippen LogP contribution in [0.15, 0.2) is 109 Å². The lowest BCUT2D eigenvalue weighted by atomic mass is 10.0. The summed E-state index contributed by atoms with van der Waals surface area (Å²) >= 11 is 0.